The third-order valence-electron chi connectivity index (χ3n) is 3.57. The van der Waals surface area contributed by atoms with E-state index in [4.69, 9.17) is 22.1 Å². The summed E-state index contributed by atoms with van der Waals surface area (Å²) < 4.78 is 5.78. The van der Waals surface area contributed by atoms with E-state index >= 15 is 0 Å². The van der Waals surface area contributed by atoms with E-state index in [2.05, 4.69) is 5.32 Å². The Balaban J connectivity index is 1.93. The van der Waals surface area contributed by atoms with Gasteiger partial charge in [0.05, 0.1) is 6.42 Å². The van der Waals surface area contributed by atoms with E-state index in [0.29, 0.717) is 24.6 Å². The van der Waals surface area contributed by atoms with Crippen LogP contribution in [0.15, 0.2) is 48.5 Å². The fraction of sp³-hybridized carbons (Fsp3) is 0.316. The number of nitrogens with one attached hydrogen (secondary N) is 1. The zero-order valence-electron chi connectivity index (χ0n) is 14.0. The van der Waals surface area contributed by atoms with Crippen LogP contribution >= 0.6 is 11.6 Å². The summed E-state index contributed by atoms with van der Waals surface area (Å²) in [5.41, 5.74) is 7.16. The average Bonchev–Trinajstić information content (AvgIpc) is 2.54. The highest BCUT2D eigenvalue weighted by Crippen LogP contribution is 2.17. The fourth-order valence-corrected chi connectivity index (χ4v) is 2.28. The highest BCUT2D eigenvalue weighted by Gasteiger charge is 2.18. The van der Waals surface area contributed by atoms with Crippen LogP contribution in [0.5, 0.6) is 5.75 Å². The molecule has 0 fully saturated rings. The van der Waals surface area contributed by atoms with Gasteiger partial charge in [0, 0.05) is 17.1 Å². The number of ether oxygens (including phenoxy) is 1. The quantitative estimate of drug-likeness (QED) is 0.808. The number of carbonyl (C=O) groups is 1. The number of benzene rings is 2. The molecule has 5 heteroatoms. The van der Waals surface area contributed by atoms with Gasteiger partial charge in [0.25, 0.3) is 0 Å². The van der Waals surface area contributed by atoms with Gasteiger partial charge in [-0.1, -0.05) is 35.9 Å². The molecule has 0 spiro atoms. The van der Waals surface area contributed by atoms with E-state index in [0.717, 1.165) is 16.9 Å². The number of hydrogen-bond acceptors (Lipinski definition) is 3. The van der Waals surface area contributed by atoms with Crippen molar-refractivity contribution in [2.75, 3.05) is 6.54 Å². The van der Waals surface area contributed by atoms with E-state index in [1.165, 1.54) is 0 Å². The number of amides is 1. The van der Waals surface area contributed by atoms with Crippen molar-refractivity contribution in [3.63, 3.8) is 0 Å². The number of halogens is 1. The van der Waals surface area contributed by atoms with Gasteiger partial charge in [0.2, 0.25) is 5.91 Å². The van der Waals surface area contributed by atoms with Crippen LogP contribution in [0.1, 0.15) is 25.0 Å². The summed E-state index contributed by atoms with van der Waals surface area (Å²) >= 11 is 5.87. The molecular weight excluding hydrogens is 324 g/mol. The number of nitrogens with two attached hydrogens (primary N) is 1. The van der Waals surface area contributed by atoms with E-state index in [1.807, 2.05) is 62.4 Å². The lowest BCUT2D eigenvalue weighted by molar-refractivity contribution is -0.121. The van der Waals surface area contributed by atoms with Crippen molar-refractivity contribution in [3.05, 3.63) is 64.7 Å². The minimum absolute atomic E-state index is 0.0553. The van der Waals surface area contributed by atoms with E-state index in [1.54, 1.807) is 0 Å². The Hall–Kier alpha value is -2.04. The number of hydrogen-bond donors (Lipinski definition) is 2. The van der Waals surface area contributed by atoms with Gasteiger partial charge < -0.3 is 15.8 Å². The molecule has 0 aliphatic rings. The van der Waals surface area contributed by atoms with Crippen LogP contribution in [-0.4, -0.2) is 18.0 Å². The van der Waals surface area contributed by atoms with Crippen LogP contribution in [0.2, 0.25) is 5.02 Å². The Morgan fingerprint density at radius 2 is 1.88 bits per heavy atom. The highest BCUT2D eigenvalue weighted by molar-refractivity contribution is 6.30. The Morgan fingerprint density at radius 3 is 2.54 bits per heavy atom. The van der Waals surface area contributed by atoms with Crippen molar-refractivity contribution in [1.29, 1.82) is 0 Å². The predicted octanol–water partition coefficient (Wildman–Crippen LogP) is 3.32. The molecule has 0 saturated heterocycles. The molecule has 0 aromatic heterocycles. The molecular formula is C19H23ClN2O2. The molecule has 24 heavy (non-hydrogen) atoms. The molecule has 2 aromatic rings. The Morgan fingerprint density at radius 1 is 1.17 bits per heavy atom. The molecule has 4 nitrogen and oxygen atoms in total. The molecule has 2 rings (SSSR count). The Bertz CT molecular complexity index is 684. The Kier molecular flexibility index (Phi) is 6.23. The molecule has 2 aromatic carbocycles. The van der Waals surface area contributed by atoms with Gasteiger partial charge in [-0.3, -0.25) is 4.79 Å². The van der Waals surface area contributed by atoms with Gasteiger partial charge in [0.15, 0.2) is 0 Å². The largest absolute Gasteiger partial charge is 0.489 e. The van der Waals surface area contributed by atoms with Gasteiger partial charge in [-0.2, -0.15) is 0 Å². The van der Waals surface area contributed by atoms with Crippen LogP contribution < -0.4 is 15.8 Å². The maximum Gasteiger partial charge on any atom is 0.224 e. The second-order valence-corrected chi connectivity index (χ2v) is 6.81. The maximum atomic E-state index is 12.1. The summed E-state index contributed by atoms with van der Waals surface area (Å²) in [6, 6.07) is 15.1. The third kappa shape index (κ3) is 5.87. The SMILES string of the molecule is CC(C)(CN)NC(=O)Cc1cccc(OCc2ccc(Cl)cc2)c1. The summed E-state index contributed by atoms with van der Waals surface area (Å²) in [4.78, 5) is 12.1. The standard InChI is InChI=1S/C19H23ClN2O2/c1-19(2,13-21)22-18(23)11-15-4-3-5-17(10-15)24-12-14-6-8-16(20)9-7-14/h3-10H,11-13,21H2,1-2H3,(H,22,23). The first-order valence-electron chi connectivity index (χ1n) is 7.85. The van der Waals surface area contributed by atoms with E-state index in [-0.39, 0.29) is 5.91 Å². The third-order valence-corrected chi connectivity index (χ3v) is 3.82. The smallest absolute Gasteiger partial charge is 0.224 e. The number of carbonyl (C=O) groups excluding carboxylic acids is 1. The summed E-state index contributed by atoms with van der Waals surface area (Å²) in [7, 11) is 0. The molecule has 0 aliphatic heterocycles. The van der Waals surface area contributed by atoms with Crippen LogP contribution in [0.3, 0.4) is 0 Å². The van der Waals surface area contributed by atoms with Gasteiger partial charge >= 0.3 is 0 Å². The topological polar surface area (TPSA) is 64.3 Å². The molecule has 0 radical (unpaired) electrons. The zero-order valence-corrected chi connectivity index (χ0v) is 14.8. The van der Waals surface area contributed by atoms with Crippen molar-refractivity contribution in [3.8, 4) is 5.75 Å². The van der Waals surface area contributed by atoms with Gasteiger partial charge in [-0.05, 0) is 49.2 Å². The summed E-state index contributed by atoms with van der Waals surface area (Å²) in [5, 5.41) is 3.62. The molecule has 0 unspecified atom stereocenters. The van der Waals surface area contributed by atoms with Crippen LogP contribution in [0.4, 0.5) is 0 Å². The van der Waals surface area contributed by atoms with Crippen molar-refractivity contribution >= 4 is 17.5 Å². The Labute approximate surface area is 148 Å². The lowest BCUT2D eigenvalue weighted by Crippen LogP contribution is -2.49. The zero-order chi connectivity index (χ0) is 17.6. The molecule has 128 valence electrons. The predicted molar refractivity (Wildman–Crippen MR) is 97.2 cm³/mol. The van der Waals surface area contributed by atoms with Crippen LogP contribution in [-0.2, 0) is 17.8 Å². The molecule has 0 aliphatic carbocycles. The first kappa shape index (κ1) is 18.3. The molecule has 3 N–H and O–H groups in total. The minimum atomic E-state index is -0.403. The minimum Gasteiger partial charge on any atom is -0.489 e. The van der Waals surface area contributed by atoms with E-state index < -0.39 is 5.54 Å². The first-order valence-corrected chi connectivity index (χ1v) is 8.23. The maximum absolute atomic E-state index is 12.1. The fourth-order valence-electron chi connectivity index (χ4n) is 2.15. The second-order valence-electron chi connectivity index (χ2n) is 6.38. The molecule has 0 bridgehead atoms. The van der Waals surface area contributed by atoms with Crippen molar-refractivity contribution in [1.82, 2.24) is 5.32 Å². The molecule has 0 saturated carbocycles. The highest BCUT2D eigenvalue weighted by atomic mass is 35.5. The normalized spacial score (nSPS) is 11.2. The first-order chi connectivity index (χ1) is 11.4. The van der Waals surface area contributed by atoms with Crippen molar-refractivity contribution in [2.24, 2.45) is 5.73 Å². The second kappa shape index (κ2) is 8.18. The summed E-state index contributed by atoms with van der Waals surface area (Å²) in [5.74, 6) is 0.675. The average molecular weight is 347 g/mol. The van der Waals surface area contributed by atoms with Gasteiger partial charge in [-0.15, -0.1) is 0 Å². The van der Waals surface area contributed by atoms with Crippen LogP contribution in [0, 0.1) is 0 Å². The molecule has 0 heterocycles. The van der Waals surface area contributed by atoms with Crippen LogP contribution in [0.25, 0.3) is 0 Å². The number of rotatable bonds is 7. The molecule has 1 amide bonds. The lowest BCUT2D eigenvalue weighted by atomic mass is 10.0. The molecule has 0 atom stereocenters. The van der Waals surface area contributed by atoms with Crippen molar-refractivity contribution in [2.45, 2.75) is 32.4 Å². The van der Waals surface area contributed by atoms with E-state index in [9.17, 15) is 4.79 Å². The van der Waals surface area contributed by atoms with Gasteiger partial charge in [0.1, 0.15) is 12.4 Å². The monoisotopic (exact) mass is 346 g/mol. The lowest BCUT2D eigenvalue weighted by Gasteiger charge is -2.24. The van der Waals surface area contributed by atoms with Gasteiger partial charge in [-0.25, -0.2) is 0 Å². The summed E-state index contributed by atoms with van der Waals surface area (Å²) in [6.07, 6.45) is 0.293. The summed E-state index contributed by atoms with van der Waals surface area (Å²) in [6.45, 7) is 4.64. The van der Waals surface area contributed by atoms with Crippen molar-refractivity contribution < 1.29 is 9.53 Å².